The minimum atomic E-state index is -0.785. The highest BCUT2D eigenvalue weighted by Gasteiger charge is 2.44. The van der Waals surface area contributed by atoms with E-state index in [4.69, 9.17) is 0 Å². The highest BCUT2D eigenvalue weighted by molar-refractivity contribution is 6.23. The molecule has 4 amide bonds. The van der Waals surface area contributed by atoms with Gasteiger partial charge in [-0.15, -0.1) is 0 Å². The minimum absolute atomic E-state index is 0.0909. The van der Waals surface area contributed by atoms with Gasteiger partial charge in [0, 0.05) is 74.6 Å². The second-order valence-corrected chi connectivity index (χ2v) is 14.2. The van der Waals surface area contributed by atoms with Crippen LogP contribution < -0.4 is 10.6 Å². The summed E-state index contributed by atoms with van der Waals surface area (Å²) in [4.78, 5) is 66.9. The Bertz CT molecular complexity index is 1950. The van der Waals surface area contributed by atoms with Crippen molar-refractivity contribution in [3.8, 4) is 11.1 Å². The Kier molecular flexibility index (Phi) is 9.35. The molecule has 12 nitrogen and oxygen atoms in total. The lowest BCUT2D eigenvalue weighted by Gasteiger charge is -2.42. The molecule has 1 aliphatic carbocycles. The third kappa shape index (κ3) is 6.54. The summed E-state index contributed by atoms with van der Waals surface area (Å²) in [5.74, 6) is -1.26. The van der Waals surface area contributed by atoms with Crippen LogP contribution in [0.4, 0.5) is 0 Å². The van der Waals surface area contributed by atoms with Crippen molar-refractivity contribution in [3.63, 3.8) is 0 Å². The standard InChI is InChI=1S/C39H44N8O4/c48-34(16-11-27-8-4-9-30-35(27)39(51)47(38(30)50)33-10-5-17-41-37(33)49)43-25-44-18-20-45(21-19-44)28-12-14-29(15-13-28)46-23-32(26-6-2-1-3-7-26)31-22-40-24-42-36(31)46/h1-4,6-9,22-24,28-29,33H,5,10-21,25H2,(H,41,49)(H,43,48). The van der Waals surface area contributed by atoms with Gasteiger partial charge in [0.2, 0.25) is 11.8 Å². The summed E-state index contributed by atoms with van der Waals surface area (Å²) in [6, 6.07) is 15.8. The van der Waals surface area contributed by atoms with Gasteiger partial charge in [-0.3, -0.25) is 33.9 Å². The lowest BCUT2D eigenvalue weighted by molar-refractivity contribution is -0.126. The van der Waals surface area contributed by atoms with Crippen molar-refractivity contribution in [2.24, 2.45) is 0 Å². The second kappa shape index (κ2) is 14.4. The molecule has 4 aromatic rings. The Morgan fingerprint density at radius 1 is 0.863 bits per heavy atom. The lowest BCUT2D eigenvalue weighted by atomic mass is 9.89. The first-order chi connectivity index (χ1) is 25.0. The van der Waals surface area contributed by atoms with Crippen molar-refractivity contribution in [2.75, 3.05) is 39.4 Å². The van der Waals surface area contributed by atoms with E-state index in [1.165, 1.54) is 11.1 Å². The van der Waals surface area contributed by atoms with E-state index < -0.39 is 17.9 Å². The van der Waals surface area contributed by atoms with Gasteiger partial charge < -0.3 is 15.2 Å². The van der Waals surface area contributed by atoms with Gasteiger partial charge in [0.1, 0.15) is 18.0 Å². The molecule has 51 heavy (non-hydrogen) atoms. The molecule has 0 spiro atoms. The number of fused-ring (bicyclic) bond motifs is 2. The number of amides is 4. The topological polar surface area (TPSA) is 133 Å². The van der Waals surface area contributed by atoms with Crippen molar-refractivity contribution in [3.05, 3.63) is 83.9 Å². The van der Waals surface area contributed by atoms with E-state index in [9.17, 15) is 19.2 Å². The fraction of sp³-hybridized carbons (Fsp3) is 0.436. The number of carbonyl (C=O) groups is 4. The molecule has 4 aliphatic rings. The molecule has 5 heterocycles. The molecule has 3 fully saturated rings. The Labute approximate surface area is 297 Å². The molecule has 2 N–H and O–H groups in total. The number of nitrogens with zero attached hydrogens (tertiary/aromatic N) is 6. The van der Waals surface area contributed by atoms with Crippen molar-refractivity contribution in [1.29, 1.82) is 0 Å². The number of nitrogens with one attached hydrogen (secondary N) is 2. The van der Waals surface area contributed by atoms with Crippen LogP contribution in [0, 0.1) is 0 Å². The first-order valence-corrected chi connectivity index (χ1v) is 18.3. The molecule has 2 saturated heterocycles. The number of piperidine rings is 1. The molecule has 1 saturated carbocycles. The Morgan fingerprint density at radius 2 is 1.65 bits per heavy atom. The Morgan fingerprint density at radius 3 is 2.43 bits per heavy atom. The molecular weight excluding hydrogens is 644 g/mol. The highest BCUT2D eigenvalue weighted by atomic mass is 16.2. The maximum atomic E-state index is 13.4. The predicted octanol–water partition coefficient (Wildman–Crippen LogP) is 3.78. The van der Waals surface area contributed by atoms with Gasteiger partial charge in [-0.2, -0.15) is 0 Å². The largest absolute Gasteiger partial charge is 0.354 e. The number of aryl methyl sites for hydroxylation is 1. The van der Waals surface area contributed by atoms with Crippen LogP contribution in [0.25, 0.3) is 22.2 Å². The number of piperazine rings is 1. The van der Waals surface area contributed by atoms with Crippen molar-refractivity contribution in [1.82, 2.24) is 39.9 Å². The van der Waals surface area contributed by atoms with Gasteiger partial charge in [-0.05, 0) is 62.1 Å². The van der Waals surface area contributed by atoms with Crippen LogP contribution in [0.1, 0.15) is 77.3 Å². The van der Waals surface area contributed by atoms with E-state index in [0.29, 0.717) is 61.2 Å². The van der Waals surface area contributed by atoms with Gasteiger partial charge in [0.25, 0.3) is 11.8 Å². The molecule has 0 bridgehead atoms. The average molecular weight is 689 g/mol. The minimum Gasteiger partial charge on any atom is -0.354 e. The van der Waals surface area contributed by atoms with Crippen LogP contribution >= 0.6 is 0 Å². The Balaban J connectivity index is 0.799. The zero-order valence-corrected chi connectivity index (χ0v) is 28.8. The van der Waals surface area contributed by atoms with E-state index >= 15 is 0 Å². The molecule has 0 radical (unpaired) electrons. The molecule has 2 aromatic carbocycles. The summed E-state index contributed by atoms with van der Waals surface area (Å²) in [5, 5.41) is 6.92. The van der Waals surface area contributed by atoms with Crippen molar-refractivity contribution in [2.45, 2.75) is 69.5 Å². The van der Waals surface area contributed by atoms with Gasteiger partial charge >= 0.3 is 0 Å². The molecule has 12 heteroatoms. The van der Waals surface area contributed by atoms with Gasteiger partial charge in [-0.25, -0.2) is 9.97 Å². The van der Waals surface area contributed by atoms with Crippen LogP contribution in [-0.2, 0) is 16.0 Å². The third-order valence-electron chi connectivity index (χ3n) is 11.3. The van der Waals surface area contributed by atoms with Crippen LogP contribution in [0.5, 0.6) is 0 Å². The summed E-state index contributed by atoms with van der Waals surface area (Å²) in [6.07, 6.45) is 12.1. The number of rotatable bonds is 9. The highest BCUT2D eigenvalue weighted by Crippen LogP contribution is 2.37. The van der Waals surface area contributed by atoms with E-state index in [-0.39, 0.29) is 18.2 Å². The monoisotopic (exact) mass is 688 g/mol. The van der Waals surface area contributed by atoms with E-state index in [1.54, 1.807) is 24.5 Å². The average Bonchev–Trinajstić information content (AvgIpc) is 3.69. The molecule has 3 aliphatic heterocycles. The first-order valence-electron chi connectivity index (χ1n) is 18.3. The molecule has 264 valence electrons. The van der Waals surface area contributed by atoms with E-state index in [2.05, 4.69) is 65.4 Å². The van der Waals surface area contributed by atoms with Crippen molar-refractivity contribution < 1.29 is 19.2 Å². The maximum absolute atomic E-state index is 13.4. The summed E-state index contributed by atoms with van der Waals surface area (Å²) in [5.41, 5.74) is 4.68. The smallest absolute Gasteiger partial charge is 0.262 e. The summed E-state index contributed by atoms with van der Waals surface area (Å²) in [6.45, 7) is 4.78. The van der Waals surface area contributed by atoms with Crippen LogP contribution in [0.3, 0.4) is 0 Å². The van der Waals surface area contributed by atoms with Crippen LogP contribution in [-0.4, -0.2) is 104 Å². The first kappa shape index (κ1) is 33.2. The SMILES string of the molecule is O=C(CCc1cccc2c1C(=O)N(C1CCCNC1=O)C2=O)NCN1CCN(C2CCC(n3cc(-c4ccccc4)c4cncnc43)CC2)CC1. The normalized spacial score (nSPS) is 23.0. The van der Waals surface area contributed by atoms with Gasteiger partial charge in [0.05, 0.1) is 17.8 Å². The number of carbonyl (C=O) groups excluding carboxylic acids is 4. The zero-order chi connectivity index (χ0) is 34.9. The molecular formula is C39H44N8O4. The van der Waals surface area contributed by atoms with Crippen LogP contribution in [0.15, 0.2) is 67.3 Å². The fourth-order valence-electron chi connectivity index (χ4n) is 8.51. The second-order valence-electron chi connectivity index (χ2n) is 14.2. The van der Waals surface area contributed by atoms with Gasteiger partial charge in [0.15, 0.2) is 0 Å². The van der Waals surface area contributed by atoms with Gasteiger partial charge in [-0.1, -0.05) is 42.5 Å². The molecule has 8 rings (SSSR count). The number of hydrogen-bond donors (Lipinski definition) is 2. The zero-order valence-electron chi connectivity index (χ0n) is 28.8. The number of hydrogen-bond acceptors (Lipinski definition) is 8. The quantitative estimate of drug-likeness (QED) is 0.254. The summed E-state index contributed by atoms with van der Waals surface area (Å²) >= 11 is 0. The lowest BCUT2D eigenvalue weighted by Crippen LogP contribution is -2.53. The number of aromatic nitrogens is 3. The molecule has 1 unspecified atom stereocenters. The third-order valence-corrected chi connectivity index (χ3v) is 11.3. The van der Waals surface area contributed by atoms with Crippen molar-refractivity contribution >= 4 is 34.7 Å². The Hall–Kier alpha value is -4.94. The number of benzene rings is 2. The summed E-state index contributed by atoms with van der Waals surface area (Å²) < 4.78 is 2.38. The fourth-order valence-corrected chi connectivity index (χ4v) is 8.51. The molecule has 1 atom stereocenters. The maximum Gasteiger partial charge on any atom is 0.262 e. The summed E-state index contributed by atoms with van der Waals surface area (Å²) in [7, 11) is 0. The van der Waals surface area contributed by atoms with Crippen LogP contribution in [0.2, 0.25) is 0 Å². The predicted molar refractivity (Wildman–Crippen MR) is 192 cm³/mol. The van der Waals surface area contributed by atoms with E-state index in [0.717, 1.165) is 67.8 Å². The van der Waals surface area contributed by atoms with E-state index in [1.807, 2.05) is 12.3 Å². The molecule has 2 aromatic heterocycles. The number of imide groups is 1.